The largest absolute Gasteiger partial charge is 0.339 e. The summed E-state index contributed by atoms with van der Waals surface area (Å²) in [5, 5.41) is 2.12. The summed E-state index contributed by atoms with van der Waals surface area (Å²) < 4.78 is 0. The van der Waals surface area contributed by atoms with E-state index in [9.17, 15) is 9.59 Å². The van der Waals surface area contributed by atoms with Gasteiger partial charge in [-0.15, -0.1) is 11.3 Å². The second kappa shape index (κ2) is 8.65. The van der Waals surface area contributed by atoms with Gasteiger partial charge in [0.25, 0.3) is 0 Å². The van der Waals surface area contributed by atoms with Gasteiger partial charge in [-0.2, -0.15) is 0 Å². The zero-order chi connectivity index (χ0) is 17.6. The highest BCUT2D eigenvalue weighted by Crippen LogP contribution is 2.27. The first-order chi connectivity index (χ1) is 12.2. The van der Waals surface area contributed by atoms with Gasteiger partial charge in [-0.05, 0) is 43.2 Å². The number of likely N-dealkylation sites (tertiary alicyclic amines) is 2. The van der Waals surface area contributed by atoms with Crippen LogP contribution in [-0.4, -0.2) is 47.3 Å². The number of hydrogen-bond acceptors (Lipinski definition) is 3. The summed E-state index contributed by atoms with van der Waals surface area (Å²) in [6.45, 7) is 5.79. The lowest BCUT2D eigenvalue weighted by atomic mass is 9.93. The molecule has 0 saturated carbocycles. The Bertz CT molecular complexity index is 591. The monoisotopic (exact) mass is 360 g/mol. The highest BCUT2D eigenvalue weighted by molar-refractivity contribution is 7.09. The molecule has 4 nitrogen and oxygen atoms in total. The first kappa shape index (κ1) is 18.2. The van der Waals surface area contributed by atoms with Crippen molar-refractivity contribution in [1.29, 1.82) is 0 Å². The fourth-order valence-electron chi connectivity index (χ4n) is 4.05. The molecule has 3 heterocycles. The van der Waals surface area contributed by atoms with E-state index in [0.717, 1.165) is 38.6 Å². The molecule has 0 aromatic carbocycles. The van der Waals surface area contributed by atoms with Gasteiger partial charge in [0.05, 0.1) is 0 Å². The summed E-state index contributed by atoms with van der Waals surface area (Å²) in [6, 6.07) is 4.61. The number of carbonyl (C=O) groups is 2. The maximum absolute atomic E-state index is 13.2. The highest BCUT2D eigenvalue weighted by Gasteiger charge is 2.33. The maximum Gasteiger partial charge on any atom is 0.245 e. The normalized spacial score (nSPS) is 22.5. The van der Waals surface area contributed by atoms with Gasteiger partial charge in [0.15, 0.2) is 0 Å². The van der Waals surface area contributed by atoms with Crippen LogP contribution in [0.3, 0.4) is 0 Å². The molecule has 0 bridgehead atoms. The van der Waals surface area contributed by atoms with Crippen LogP contribution in [0.4, 0.5) is 0 Å². The molecule has 0 N–H and O–H groups in total. The van der Waals surface area contributed by atoms with Crippen LogP contribution in [0.1, 0.15) is 43.4 Å². The third-order valence-corrected chi connectivity index (χ3v) is 6.41. The van der Waals surface area contributed by atoms with Gasteiger partial charge in [0, 0.05) is 42.9 Å². The summed E-state index contributed by atoms with van der Waals surface area (Å²) in [5.41, 5.74) is 0. The van der Waals surface area contributed by atoms with Crippen molar-refractivity contribution in [3.05, 3.63) is 35.0 Å². The molecule has 3 rings (SSSR count). The van der Waals surface area contributed by atoms with Gasteiger partial charge in [-0.3, -0.25) is 9.59 Å². The number of hydrogen-bond donors (Lipinski definition) is 0. The third-order valence-electron chi connectivity index (χ3n) is 5.51. The van der Waals surface area contributed by atoms with Crippen molar-refractivity contribution in [2.45, 2.75) is 51.0 Å². The van der Waals surface area contributed by atoms with E-state index < -0.39 is 0 Å². The molecule has 2 amide bonds. The summed E-state index contributed by atoms with van der Waals surface area (Å²) in [4.78, 5) is 30.3. The Labute approximate surface area is 154 Å². The molecule has 5 heteroatoms. The Morgan fingerprint density at radius 3 is 2.64 bits per heavy atom. The Morgan fingerprint density at radius 1 is 1.16 bits per heavy atom. The van der Waals surface area contributed by atoms with E-state index in [1.165, 1.54) is 23.8 Å². The standard InChI is InChI=1S/C20H28N2O2S/c1-2-19(23)21-12-9-16(10-13-21)20(24)22-11-5-3-4-7-17(22)15-18-8-6-14-25-18/h2,6,8,14,16-17H,1,3-5,7,9-13,15H2. The van der Waals surface area contributed by atoms with Crippen LogP contribution in [0.15, 0.2) is 30.2 Å². The maximum atomic E-state index is 13.2. The second-order valence-electron chi connectivity index (χ2n) is 7.12. The average molecular weight is 361 g/mol. The lowest BCUT2D eigenvalue weighted by Gasteiger charge is -2.36. The lowest BCUT2D eigenvalue weighted by Crippen LogP contribution is -2.48. The Balaban J connectivity index is 1.63. The van der Waals surface area contributed by atoms with Crippen LogP contribution in [0.2, 0.25) is 0 Å². The summed E-state index contributed by atoms with van der Waals surface area (Å²) in [7, 11) is 0. The molecule has 1 unspecified atom stereocenters. The van der Waals surface area contributed by atoms with Gasteiger partial charge >= 0.3 is 0 Å². The van der Waals surface area contributed by atoms with Crippen molar-refractivity contribution in [3.63, 3.8) is 0 Å². The van der Waals surface area contributed by atoms with Crippen molar-refractivity contribution < 1.29 is 9.59 Å². The summed E-state index contributed by atoms with van der Waals surface area (Å²) >= 11 is 1.79. The van der Waals surface area contributed by atoms with Gasteiger partial charge < -0.3 is 9.80 Å². The molecule has 136 valence electrons. The molecule has 1 atom stereocenters. The molecule has 2 aliphatic rings. The summed E-state index contributed by atoms with van der Waals surface area (Å²) in [6.07, 6.45) is 8.56. The lowest BCUT2D eigenvalue weighted by molar-refractivity contribution is -0.141. The van der Waals surface area contributed by atoms with E-state index in [4.69, 9.17) is 0 Å². The van der Waals surface area contributed by atoms with Crippen molar-refractivity contribution in [1.82, 2.24) is 9.80 Å². The zero-order valence-corrected chi connectivity index (χ0v) is 15.7. The van der Waals surface area contributed by atoms with Crippen LogP contribution in [0.5, 0.6) is 0 Å². The second-order valence-corrected chi connectivity index (χ2v) is 8.15. The van der Waals surface area contributed by atoms with Gasteiger partial charge in [0.1, 0.15) is 0 Å². The topological polar surface area (TPSA) is 40.6 Å². The van der Waals surface area contributed by atoms with Crippen LogP contribution in [0.25, 0.3) is 0 Å². The molecular weight excluding hydrogens is 332 g/mol. The van der Waals surface area contributed by atoms with Crippen molar-refractivity contribution in [2.24, 2.45) is 5.92 Å². The number of nitrogens with zero attached hydrogens (tertiary/aromatic N) is 2. The quantitative estimate of drug-likeness (QED) is 0.771. The Kier molecular flexibility index (Phi) is 6.29. The van der Waals surface area contributed by atoms with Crippen molar-refractivity contribution >= 4 is 23.2 Å². The highest BCUT2D eigenvalue weighted by atomic mass is 32.1. The molecule has 1 aromatic rings. The van der Waals surface area contributed by atoms with Crippen LogP contribution in [-0.2, 0) is 16.0 Å². The molecule has 0 spiro atoms. The van der Waals surface area contributed by atoms with Gasteiger partial charge in [-0.25, -0.2) is 0 Å². The van der Waals surface area contributed by atoms with E-state index in [1.807, 2.05) is 4.90 Å². The first-order valence-corrected chi connectivity index (χ1v) is 10.3. The van der Waals surface area contributed by atoms with Gasteiger partial charge in [0.2, 0.25) is 11.8 Å². The summed E-state index contributed by atoms with van der Waals surface area (Å²) in [5.74, 6) is 0.364. The molecule has 0 radical (unpaired) electrons. The Hall–Kier alpha value is -1.62. The van der Waals surface area contributed by atoms with E-state index >= 15 is 0 Å². The van der Waals surface area contributed by atoms with Crippen LogP contribution in [0, 0.1) is 5.92 Å². The molecule has 2 saturated heterocycles. The number of thiophene rings is 1. The molecular formula is C20H28N2O2S. The number of amides is 2. The van der Waals surface area contributed by atoms with Crippen molar-refractivity contribution in [2.75, 3.05) is 19.6 Å². The fourth-order valence-corrected chi connectivity index (χ4v) is 4.83. The van der Waals surface area contributed by atoms with E-state index in [0.29, 0.717) is 25.0 Å². The molecule has 0 aliphatic carbocycles. The minimum atomic E-state index is -0.0174. The van der Waals surface area contributed by atoms with E-state index in [1.54, 1.807) is 11.3 Å². The van der Waals surface area contributed by atoms with Crippen LogP contribution < -0.4 is 0 Å². The van der Waals surface area contributed by atoms with E-state index in [-0.39, 0.29) is 11.8 Å². The van der Waals surface area contributed by atoms with E-state index in [2.05, 4.69) is 29.0 Å². The average Bonchev–Trinajstić information content (AvgIpc) is 3.05. The number of carbonyl (C=O) groups excluding carboxylic acids is 2. The van der Waals surface area contributed by atoms with Crippen molar-refractivity contribution in [3.8, 4) is 0 Å². The molecule has 2 fully saturated rings. The molecule has 1 aromatic heterocycles. The molecule has 25 heavy (non-hydrogen) atoms. The fraction of sp³-hybridized carbons (Fsp3) is 0.600. The SMILES string of the molecule is C=CC(=O)N1CCC(C(=O)N2CCCCCC2Cc2cccs2)CC1. The van der Waals surface area contributed by atoms with Crippen LogP contribution >= 0.6 is 11.3 Å². The minimum absolute atomic E-state index is 0.0174. The third kappa shape index (κ3) is 4.51. The minimum Gasteiger partial charge on any atom is -0.339 e. The predicted molar refractivity (Wildman–Crippen MR) is 101 cm³/mol. The van der Waals surface area contributed by atoms with Gasteiger partial charge in [-0.1, -0.05) is 25.5 Å². The first-order valence-electron chi connectivity index (χ1n) is 9.43. The molecule has 2 aliphatic heterocycles. The number of piperidine rings is 1. The number of rotatable bonds is 4. The predicted octanol–water partition coefficient (Wildman–Crippen LogP) is 3.49. The Morgan fingerprint density at radius 2 is 1.96 bits per heavy atom. The smallest absolute Gasteiger partial charge is 0.245 e. The zero-order valence-electron chi connectivity index (χ0n) is 14.9.